The molecule has 1 aliphatic rings. The Morgan fingerprint density at radius 1 is 1.38 bits per heavy atom. The van der Waals surface area contributed by atoms with Crippen LogP contribution in [0.5, 0.6) is 5.75 Å². The summed E-state index contributed by atoms with van der Waals surface area (Å²) in [7, 11) is 0. The molecule has 2 aromatic heterocycles. The first-order chi connectivity index (χ1) is 12.6. The third-order valence-electron chi connectivity index (χ3n) is 4.32. The van der Waals surface area contributed by atoms with E-state index in [4.69, 9.17) is 9.26 Å². The number of halogens is 2. The standard InChI is InChI=1S/C17H20F2N4O3/c18-16(19)11-25-15-10-20-5-1-13(15)9-21-17(24)23-6-2-12(3-7-23)14-4-8-26-22-14/h1,4-5,8,10,12,16H,2-3,6-7,9,11H2,(H,21,24). The summed E-state index contributed by atoms with van der Waals surface area (Å²) in [4.78, 5) is 17.9. The highest BCUT2D eigenvalue weighted by molar-refractivity contribution is 5.74. The molecule has 3 heterocycles. The molecule has 2 amide bonds. The van der Waals surface area contributed by atoms with Crippen molar-refractivity contribution < 1.29 is 22.8 Å². The number of amides is 2. The third-order valence-corrected chi connectivity index (χ3v) is 4.32. The van der Waals surface area contributed by atoms with Crippen molar-refractivity contribution in [3.63, 3.8) is 0 Å². The molecule has 0 saturated carbocycles. The second kappa shape index (κ2) is 8.59. The van der Waals surface area contributed by atoms with E-state index in [1.54, 1.807) is 17.2 Å². The number of hydrogen-bond acceptors (Lipinski definition) is 5. The number of aromatic nitrogens is 2. The summed E-state index contributed by atoms with van der Waals surface area (Å²) in [5, 5.41) is 6.76. The molecule has 7 nitrogen and oxygen atoms in total. The van der Waals surface area contributed by atoms with E-state index in [9.17, 15) is 13.6 Å². The van der Waals surface area contributed by atoms with Crippen molar-refractivity contribution in [2.75, 3.05) is 19.7 Å². The van der Waals surface area contributed by atoms with E-state index in [-0.39, 0.29) is 18.3 Å². The van der Waals surface area contributed by atoms with Gasteiger partial charge in [-0.3, -0.25) is 4.98 Å². The van der Waals surface area contributed by atoms with Gasteiger partial charge in [0.2, 0.25) is 0 Å². The summed E-state index contributed by atoms with van der Waals surface area (Å²) in [6.45, 7) is 0.716. The van der Waals surface area contributed by atoms with Crippen molar-refractivity contribution in [1.82, 2.24) is 20.4 Å². The number of ether oxygens (including phenoxy) is 1. The normalized spacial score (nSPS) is 15.3. The molecule has 0 atom stereocenters. The minimum absolute atomic E-state index is 0.184. The molecule has 0 aliphatic carbocycles. The maximum absolute atomic E-state index is 12.3. The summed E-state index contributed by atoms with van der Waals surface area (Å²) in [5.74, 6) is 0.546. The van der Waals surface area contributed by atoms with E-state index >= 15 is 0 Å². The molecule has 1 saturated heterocycles. The zero-order chi connectivity index (χ0) is 18.4. The smallest absolute Gasteiger partial charge is 0.317 e. The Kier molecular flexibility index (Phi) is 5.98. The molecule has 2 aromatic rings. The monoisotopic (exact) mass is 366 g/mol. The largest absolute Gasteiger partial charge is 0.486 e. The molecule has 1 N–H and O–H groups in total. The highest BCUT2D eigenvalue weighted by atomic mass is 19.3. The maximum Gasteiger partial charge on any atom is 0.317 e. The second-order valence-corrected chi connectivity index (χ2v) is 6.03. The lowest BCUT2D eigenvalue weighted by molar-refractivity contribution is 0.0811. The number of carbonyl (C=O) groups excluding carboxylic acids is 1. The van der Waals surface area contributed by atoms with Gasteiger partial charge in [-0.2, -0.15) is 0 Å². The molecule has 0 aromatic carbocycles. The fourth-order valence-electron chi connectivity index (χ4n) is 2.93. The number of urea groups is 1. The Hall–Kier alpha value is -2.71. The summed E-state index contributed by atoms with van der Waals surface area (Å²) in [6.07, 6.45) is 3.52. The topological polar surface area (TPSA) is 80.5 Å². The van der Waals surface area contributed by atoms with Crippen molar-refractivity contribution in [1.29, 1.82) is 0 Å². The molecule has 3 rings (SSSR count). The summed E-state index contributed by atoms with van der Waals surface area (Å²) < 4.78 is 34.5. The number of rotatable bonds is 6. The fraction of sp³-hybridized carbons (Fsp3) is 0.471. The van der Waals surface area contributed by atoms with Gasteiger partial charge in [0.1, 0.15) is 18.6 Å². The highest BCUT2D eigenvalue weighted by Gasteiger charge is 2.25. The Labute approximate surface area is 149 Å². The Morgan fingerprint density at radius 2 is 2.19 bits per heavy atom. The zero-order valence-electron chi connectivity index (χ0n) is 14.1. The van der Waals surface area contributed by atoms with Gasteiger partial charge < -0.3 is 19.5 Å². The van der Waals surface area contributed by atoms with Crippen LogP contribution >= 0.6 is 0 Å². The number of pyridine rings is 1. The van der Waals surface area contributed by atoms with Crippen molar-refractivity contribution in [2.45, 2.75) is 31.7 Å². The molecule has 140 valence electrons. The van der Waals surface area contributed by atoms with Crippen LogP contribution in [-0.2, 0) is 6.54 Å². The number of likely N-dealkylation sites (tertiary alicyclic amines) is 1. The van der Waals surface area contributed by atoms with Crippen LogP contribution in [0.3, 0.4) is 0 Å². The molecule has 0 bridgehead atoms. The van der Waals surface area contributed by atoms with Crippen LogP contribution < -0.4 is 10.1 Å². The second-order valence-electron chi connectivity index (χ2n) is 6.03. The van der Waals surface area contributed by atoms with Gasteiger partial charge in [0.25, 0.3) is 6.43 Å². The summed E-state index contributed by atoms with van der Waals surface area (Å²) >= 11 is 0. The van der Waals surface area contributed by atoms with E-state index < -0.39 is 13.0 Å². The van der Waals surface area contributed by atoms with Gasteiger partial charge in [-0.15, -0.1) is 0 Å². The van der Waals surface area contributed by atoms with Gasteiger partial charge in [-0.25, -0.2) is 13.6 Å². The SMILES string of the molecule is O=C(NCc1ccncc1OCC(F)F)N1CCC(c2ccon2)CC1. The first-order valence-electron chi connectivity index (χ1n) is 8.40. The molecule has 26 heavy (non-hydrogen) atoms. The lowest BCUT2D eigenvalue weighted by Crippen LogP contribution is -2.43. The van der Waals surface area contributed by atoms with Crippen molar-refractivity contribution in [3.8, 4) is 5.75 Å². The summed E-state index contributed by atoms with van der Waals surface area (Å²) in [6, 6.07) is 3.29. The predicted molar refractivity (Wildman–Crippen MR) is 88.0 cm³/mol. The molecule has 0 unspecified atom stereocenters. The van der Waals surface area contributed by atoms with Crippen molar-refractivity contribution >= 4 is 6.03 Å². The van der Waals surface area contributed by atoms with Crippen molar-refractivity contribution in [3.05, 3.63) is 42.0 Å². The Balaban J connectivity index is 1.49. The van der Waals surface area contributed by atoms with E-state index in [1.807, 2.05) is 6.07 Å². The Bertz CT molecular complexity index is 704. The van der Waals surface area contributed by atoms with Crippen LogP contribution in [0.2, 0.25) is 0 Å². The van der Waals surface area contributed by atoms with Crippen LogP contribution in [0.1, 0.15) is 30.0 Å². The van der Waals surface area contributed by atoms with Crippen LogP contribution in [0, 0.1) is 0 Å². The number of hydrogen-bond donors (Lipinski definition) is 1. The fourth-order valence-corrected chi connectivity index (χ4v) is 2.93. The number of nitrogens with zero attached hydrogens (tertiary/aromatic N) is 3. The number of alkyl halides is 2. The van der Waals surface area contributed by atoms with Crippen LogP contribution in [0.4, 0.5) is 13.6 Å². The van der Waals surface area contributed by atoms with E-state index in [0.29, 0.717) is 24.6 Å². The van der Waals surface area contributed by atoms with E-state index in [0.717, 1.165) is 18.5 Å². The minimum atomic E-state index is -2.57. The first-order valence-corrected chi connectivity index (χ1v) is 8.40. The lowest BCUT2D eigenvalue weighted by Gasteiger charge is -2.31. The van der Waals surface area contributed by atoms with Crippen LogP contribution in [0.15, 0.2) is 35.3 Å². The molecule has 9 heteroatoms. The predicted octanol–water partition coefficient (Wildman–Crippen LogP) is 2.80. The summed E-state index contributed by atoms with van der Waals surface area (Å²) in [5.41, 5.74) is 1.52. The third kappa shape index (κ3) is 4.68. The highest BCUT2D eigenvalue weighted by Crippen LogP contribution is 2.26. The quantitative estimate of drug-likeness (QED) is 0.850. The average Bonchev–Trinajstić information content (AvgIpc) is 3.20. The first kappa shape index (κ1) is 18.1. The van der Waals surface area contributed by atoms with Gasteiger partial charge >= 0.3 is 6.03 Å². The van der Waals surface area contributed by atoms with Crippen molar-refractivity contribution in [2.24, 2.45) is 0 Å². The molecular formula is C17H20F2N4O3. The average molecular weight is 366 g/mol. The van der Waals surface area contributed by atoms with E-state index in [1.165, 1.54) is 12.4 Å². The van der Waals surface area contributed by atoms with Gasteiger partial charge in [0.15, 0.2) is 0 Å². The zero-order valence-corrected chi connectivity index (χ0v) is 14.1. The molecule has 0 spiro atoms. The van der Waals surface area contributed by atoms with Gasteiger partial charge in [0.05, 0.1) is 11.9 Å². The van der Waals surface area contributed by atoms with Crippen LogP contribution in [0.25, 0.3) is 0 Å². The van der Waals surface area contributed by atoms with Gasteiger partial charge in [-0.05, 0) is 18.9 Å². The van der Waals surface area contributed by atoms with Gasteiger partial charge in [0, 0.05) is 43.4 Å². The van der Waals surface area contributed by atoms with E-state index in [2.05, 4.69) is 15.5 Å². The maximum atomic E-state index is 12.3. The number of carbonyl (C=O) groups is 1. The molecule has 1 aliphatic heterocycles. The minimum Gasteiger partial charge on any atom is -0.486 e. The molecular weight excluding hydrogens is 346 g/mol. The lowest BCUT2D eigenvalue weighted by atomic mass is 9.94. The molecule has 1 fully saturated rings. The van der Waals surface area contributed by atoms with Crippen LogP contribution in [-0.4, -0.2) is 47.2 Å². The number of nitrogens with one attached hydrogen (secondary N) is 1. The van der Waals surface area contributed by atoms with Gasteiger partial charge in [-0.1, -0.05) is 5.16 Å². The number of piperidine rings is 1. The molecule has 0 radical (unpaired) electrons. The Morgan fingerprint density at radius 3 is 2.88 bits per heavy atom.